The second-order valence-electron chi connectivity index (χ2n) is 4.27. The molecule has 2 radical (unpaired) electrons. The van der Waals surface area contributed by atoms with E-state index in [4.69, 9.17) is 4.52 Å². The third-order valence-electron chi connectivity index (χ3n) is 2.60. The van der Waals surface area contributed by atoms with E-state index in [2.05, 4.69) is 50.2 Å². The van der Waals surface area contributed by atoms with Crippen LogP contribution in [0.25, 0.3) is 11.3 Å². The van der Waals surface area contributed by atoms with Crippen molar-refractivity contribution in [2.75, 3.05) is 0 Å². The van der Waals surface area contributed by atoms with Crippen molar-refractivity contribution in [2.24, 2.45) is 0 Å². The van der Waals surface area contributed by atoms with Crippen molar-refractivity contribution >= 4 is 26.7 Å². The molecule has 2 aromatic rings. The van der Waals surface area contributed by atoms with Crippen molar-refractivity contribution in [1.29, 1.82) is 0 Å². The summed E-state index contributed by atoms with van der Waals surface area (Å²) in [5.41, 5.74) is 3.61. The van der Waals surface area contributed by atoms with E-state index >= 15 is 0 Å². The molecule has 1 aromatic carbocycles. The molecule has 0 fully saturated rings. The Morgan fingerprint density at radius 1 is 1.19 bits per heavy atom. The summed E-state index contributed by atoms with van der Waals surface area (Å²) in [7, 11) is 0. The molecule has 0 aliphatic heterocycles. The minimum atomic E-state index is 0.445. The number of benzene rings is 1. The standard InChI is InChI=1S/C13H14NO.Sb/c1-9(2)12-8-14-15-13(12)11-6-4-10(3)5-7-11;/h4-7,9H,1-3H3;. The van der Waals surface area contributed by atoms with Crippen molar-refractivity contribution in [3.05, 3.63) is 35.4 Å². The number of rotatable bonds is 2. The summed E-state index contributed by atoms with van der Waals surface area (Å²) < 4.78 is 6.49. The van der Waals surface area contributed by atoms with Gasteiger partial charge < -0.3 is 0 Å². The maximum absolute atomic E-state index is 5.45. The molecule has 2 nitrogen and oxygen atoms in total. The zero-order valence-corrected chi connectivity index (χ0v) is 12.2. The molecule has 0 aliphatic carbocycles. The Balaban J connectivity index is 2.52. The van der Waals surface area contributed by atoms with E-state index in [-0.39, 0.29) is 0 Å². The third-order valence-corrected chi connectivity index (χ3v) is 3.52. The predicted octanol–water partition coefficient (Wildman–Crippen LogP) is 2.57. The van der Waals surface area contributed by atoms with Crippen LogP contribution in [0.5, 0.6) is 0 Å². The zero-order valence-electron chi connectivity index (χ0n) is 9.69. The molecule has 0 bridgehead atoms. The number of aryl methyl sites for hydroxylation is 1. The molecule has 0 spiro atoms. The summed E-state index contributed by atoms with van der Waals surface area (Å²) in [5.74, 6) is 1.37. The molecule has 1 aromatic heterocycles. The summed E-state index contributed by atoms with van der Waals surface area (Å²) in [6, 6.07) is 8.38. The van der Waals surface area contributed by atoms with Crippen LogP contribution in [-0.2, 0) is 0 Å². The molecule has 0 saturated heterocycles. The first-order valence-electron chi connectivity index (χ1n) is 5.35. The molecule has 0 N–H and O–H groups in total. The van der Waals surface area contributed by atoms with Crippen LogP contribution in [0.15, 0.2) is 28.8 Å². The van der Waals surface area contributed by atoms with Gasteiger partial charge >= 0.3 is 110 Å². The van der Waals surface area contributed by atoms with Crippen LogP contribution in [0.2, 0.25) is 0 Å². The molecular formula is C13H14NOSb. The first-order chi connectivity index (χ1) is 7.59. The molecular weight excluding hydrogens is 308 g/mol. The van der Waals surface area contributed by atoms with E-state index in [1.807, 2.05) is 0 Å². The predicted molar refractivity (Wildman–Crippen MR) is 66.2 cm³/mol. The Morgan fingerprint density at radius 2 is 1.81 bits per heavy atom. The van der Waals surface area contributed by atoms with E-state index < -0.39 is 0 Å². The van der Waals surface area contributed by atoms with Crippen molar-refractivity contribution in [3.63, 3.8) is 0 Å². The quantitative estimate of drug-likeness (QED) is 0.795. The second kappa shape index (κ2) is 4.63. The number of hydrogen-bond acceptors (Lipinski definition) is 2. The van der Waals surface area contributed by atoms with Crippen LogP contribution < -0.4 is 3.64 Å². The van der Waals surface area contributed by atoms with Gasteiger partial charge in [-0.15, -0.1) is 0 Å². The van der Waals surface area contributed by atoms with Gasteiger partial charge in [0.25, 0.3) is 0 Å². The molecule has 3 heteroatoms. The fourth-order valence-electron chi connectivity index (χ4n) is 1.72. The summed E-state index contributed by atoms with van der Waals surface area (Å²) in [5, 5.41) is 4.08. The Bertz CT molecular complexity index is 485. The first-order valence-corrected chi connectivity index (χ1v) is 6.63. The third kappa shape index (κ3) is 2.17. The Labute approximate surface area is 110 Å². The fourth-order valence-corrected chi connectivity index (χ4v) is 2.87. The summed E-state index contributed by atoms with van der Waals surface area (Å²) in [4.78, 5) is 0. The van der Waals surface area contributed by atoms with Gasteiger partial charge in [-0.3, -0.25) is 0 Å². The van der Waals surface area contributed by atoms with E-state index in [0.29, 0.717) is 5.92 Å². The van der Waals surface area contributed by atoms with Crippen LogP contribution in [0, 0.1) is 6.92 Å². The molecule has 16 heavy (non-hydrogen) atoms. The normalized spacial score (nSPS) is 11.1. The van der Waals surface area contributed by atoms with Gasteiger partial charge in [0.1, 0.15) is 0 Å². The minimum absolute atomic E-state index is 0.445. The second-order valence-corrected chi connectivity index (χ2v) is 5.48. The van der Waals surface area contributed by atoms with Gasteiger partial charge in [0, 0.05) is 0 Å². The van der Waals surface area contributed by atoms with E-state index in [1.54, 1.807) is 23.0 Å². The summed E-state index contributed by atoms with van der Waals surface area (Å²) in [6.07, 6.45) is 0. The maximum atomic E-state index is 5.45. The molecule has 0 unspecified atom stereocenters. The van der Waals surface area contributed by atoms with E-state index in [9.17, 15) is 0 Å². The van der Waals surface area contributed by atoms with E-state index in [0.717, 1.165) is 15.0 Å². The Hall–Kier alpha value is -0.752. The van der Waals surface area contributed by atoms with Crippen molar-refractivity contribution in [1.82, 2.24) is 5.16 Å². The Kier molecular flexibility index (Phi) is 3.39. The molecule has 82 valence electrons. The number of nitrogens with zero attached hydrogens (tertiary/aromatic N) is 1. The summed E-state index contributed by atoms with van der Waals surface area (Å²) >= 11 is 1.62. The van der Waals surface area contributed by atoms with E-state index in [1.165, 1.54) is 11.1 Å². The van der Waals surface area contributed by atoms with Crippen LogP contribution in [0.4, 0.5) is 0 Å². The SMILES string of the molecule is Cc1ccc(-c2on[c]([Sb])c2C(C)C)cc1. The molecule has 0 atom stereocenters. The molecule has 0 amide bonds. The van der Waals surface area contributed by atoms with Crippen LogP contribution >= 0.6 is 0 Å². The van der Waals surface area contributed by atoms with Crippen LogP contribution in [0.1, 0.15) is 30.9 Å². The molecule has 1 heterocycles. The van der Waals surface area contributed by atoms with Gasteiger partial charge in [-0.25, -0.2) is 0 Å². The van der Waals surface area contributed by atoms with Gasteiger partial charge in [0.2, 0.25) is 0 Å². The zero-order chi connectivity index (χ0) is 11.7. The molecule has 0 saturated carbocycles. The monoisotopic (exact) mass is 321 g/mol. The summed E-state index contributed by atoms with van der Waals surface area (Å²) in [6.45, 7) is 6.43. The van der Waals surface area contributed by atoms with Crippen LogP contribution in [-0.4, -0.2) is 28.2 Å². The van der Waals surface area contributed by atoms with Gasteiger partial charge in [-0.1, -0.05) is 0 Å². The average Bonchev–Trinajstić information content (AvgIpc) is 2.61. The fraction of sp³-hybridized carbons (Fsp3) is 0.308. The average molecular weight is 322 g/mol. The first kappa shape index (κ1) is 11.7. The van der Waals surface area contributed by atoms with Gasteiger partial charge in [-0.2, -0.15) is 0 Å². The Morgan fingerprint density at radius 3 is 2.38 bits per heavy atom. The number of hydrogen-bond donors (Lipinski definition) is 0. The van der Waals surface area contributed by atoms with Crippen molar-refractivity contribution in [3.8, 4) is 11.3 Å². The topological polar surface area (TPSA) is 26.0 Å². The van der Waals surface area contributed by atoms with Gasteiger partial charge in [0.15, 0.2) is 0 Å². The van der Waals surface area contributed by atoms with Gasteiger partial charge in [-0.05, 0) is 0 Å². The van der Waals surface area contributed by atoms with Crippen molar-refractivity contribution in [2.45, 2.75) is 26.7 Å². The van der Waals surface area contributed by atoms with Gasteiger partial charge in [0.05, 0.1) is 0 Å². The number of aromatic nitrogens is 1. The van der Waals surface area contributed by atoms with Crippen molar-refractivity contribution < 1.29 is 4.52 Å². The molecule has 0 aliphatic rings. The van der Waals surface area contributed by atoms with Crippen LogP contribution in [0.3, 0.4) is 0 Å². The molecule has 2 rings (SSSR count).